The summed E-state index contributed by atoms with van der Waals surface area (Å²) in [5, 5.41) is 2.49. The van der Waals surface area contributed by atoms with Crippen LogP contribution < -0.4 is 11.1 Å². The molecular weight excluding hydrogens is 308 g/mol. The first-order valence-corrected chi connectivity index (χ1v) is 8.28. The van der Waals surface area contributed by atoms with E-state index >= 15 is 0 Å². The Labute approximate surface area is 140 Å². The second kappa shape index (κ2) is 7.00. The molecule has 2 heterocycles. The van der Waals surface area contributed by atoms with Crippen LogP contribution in [0.1, 0.15) is 35.2 Å². The van der Waals surface area contributed by atoms with E-state index < -0.39 is 0 Å². The van der Waals surface area contributed by atoms with Crippen molar-refractivity contribution in [3.05, 3.63) is 35.4 Å². The molecule has 3 rings (SSSR count). The minimum Gasteiger partial charge on any atom is -0.334 e. The Hall–Kier alpha value is -2.41. The van der Waals surface area contributed by atoms with Crippen LogP contribution in [0.2, 0.25) is 0 Å². The Bertz CT molecular complexity index is 628. The number of piperidine rings is 1. The maximum absolute atomic E-state index is 12.7. The van der Waals surface area contributed by atoms with Gasteiger partial charge in [0.15, 0.2) is 0 Å². The van der Waals surface area contributed by atoms with Crippen molar-refractivity contribution in [3.63, 3.8) is 0 Å². The number of carbonyl (C=O) groups is 3. The molecule has 0 spiro atoms. The van der Waals surface area contributed by atoms with Crippen LogP contribution in [0.3, 0.4) is 0 Å². The van der Waals surface area contributed by atoms with E-state index in [1.165, 1.54) is 4.90 Å². The topological polar surface area (TPSA) is 95.7 Å². The maximum Gasteiger partial charge on any atom is 0.324 e. The average molecular weight is 330 g/mol. The highest BCUT2D eigenvalue weighted by Crippen LogP contribution is 2.19. The largest absolute Gasteiger partial charge is 0.334 e. The lowest BCUT2D eigenvalue weighted by Crippen LogP contribution is -2.47. The molecule has 0 aliphatic carbocycles. The SMILES string of the molecule is NCC1CCCCN1C(=O)c1ccc(CN2C(=O)CNC2=O)cc1. The minimum absolute atomic E-state index is 0.00769. The van der Waals surface area contributed by atoms with E-state index in [-0.39, 0.29) is 37.0 Å². The van der Waals surface area contributed by atoms with E-state index in [2.05, 4.69) is 5.32 Å². The molecule has 2 saturated heterocycles. The van der Waals surface area contributed by atoms with E-state index in [1.54, 1.807) is 24.3 Å². The number of amides is 4. The van der Waals surface area contributed by atoms with E-state index in [0.717, 1.165) is 31.4 Å². The summed E-state index contributed by atoms with van der Waals surface area (Å²) in [4.78, 5) is 38.9. The highest BCUT2D eigenvalue weighted by Gasteiger charge is 2.29. The van der Waals surface area contributed by atoms with Gasteiger partial charge in [0, 0.05) is 24.7 Å². The minimum atomic E-state index is -0.376. The number of likely N-dealkylation sites (tertiary alicyclic amines) is 1. The predicted molar refractivity (Wildman–Crippen MR) is 88.1 cm³/mol. The Morgan fingerprint density at radius 1 is 1.21 bits per heavy atom. The van der Waals surface area contributed by atoms with Gasteiger partial charge in [-0.3, -0.25) is 14.5 Å². The van der Waals surface area contributed by atoms with Gasteiger partial charge in [-0.15, -0.1) is 0 Å². The molecule has 1 aromatic carbocycles. The van der Waals surface area contributed by atoms with Crippen LogP contribution in [0.15, 0.2) is 24.3 Å². The normalized spacial score (nSPS) is 21.1. The second-order valence-corrected chi connectivity index (χ2v) is 6.22. The third-order valence-corrected chi connectivity index (χ3v) is 4.64. The molecule has 1 aromatic rings. The Morgan fingerprint density at radius 3 is 2.58 bits per heavy atom. The van der Waals surface area contributed by atoms with Gasteiger partial charge in [0.05, 0.1) is 13.1 Å². The fourth-order valence-corrected chi connectivity index (χ4v) is 3.23. The first-order chi connectivity index (χ1) is 11.6. The monoisotopic (exact) mass is 330 g/mol. The quantitative estimate of drug-likeness (QED) is 0.794. The highest BCUT2D eigenvalue weighted by atomic mass is 16.2. The summed E-state index contributed by atoms with van der Waals surface area (Å²) in [7, 11) is 0. The van der Waals surface area contributed by atoms with Gasteiger partial charge in [-0.2, -0.15) is 0 Å². The summed E-state index contributed by atoms with van der Waals surface area (Å²) < 4.78 is 0. The number of urea groups is 1. The van der Waals surface area contributed by atoms with E-state index in [4.69, 9.17) is 5.73 Å². The molecule has 4 amide bonds. The molecule has 0 radical (unpaired) electrons. The van der Waals surface area contributed by atoms with Crippen LogP contribution in [0.25, 0.3) is 0 Å². The van der Waals surface area contributed by atoms with Crippen LogP contribution in [-0.4, -0.2) is 53.3 Å². The van der Waals surface area contributed by atoms with Crippen molar-refractivity contribution in [2.45, 2.75) is 31.8 Å². The van der Waals surface area contributed by atoms with Crippen LogP contribution in [0.4, 0.5) is 4.79 Å². The van der Waals surface area contributed by atoms with Crippen molar-refractivity contribution in [1.29, 1.82) is 0 Å². The van der Waals surface area contributed by atoms with Crippen LogP contribution in [0.5, 0.6) is 0 Å². The lowest BCUT2D eigenvalue weighted by Gasteiger charge is -2.35. The summed E-state index contributed by atoms with van der Waals surface area (Å²) >= 11 is 0. The molecule has 3 N–H and O–H groups in total. The zero-order chi connectivity index (χ0) is 17.1. The number of hydrogen-bond donors (Lipinski definition) is 2. The first kappa shape index (κ1) is 16.4. The number of nitrogens with two attached hydrogens (primary N) is 1. The van der Waals surface area contributed by atoms with Crippen LogP contribution in [0, 0.1) is 0 Å². The van der Waals surface area contributed by atoms with Gasteiger partial charge in [0.2, 0.25) is 5.91 Å². The third kappa shape index (κ3) is 3.26. The number of nitrogens with zero attached hydrogens (tertiary/aromatic N) is 2. The number of rotatable bonds is 4. The molecule has 0 bridgehead atoms. The molecule has 1 unspecified atom stereocenters. The number of nitrogens with one attached hydrogen (secondary N) is 1. The summed E-state index contributed by atoms with van der Waals surface area (Å²) in [5.41, 5.74) is 7.20. The highest BCUT2D eigenvalue weighted by molar-refractivity contribution is 6.01. The van der Waals surface area contributed by atoms with Gasteiger partial charge < -0.3 is 16.0 Å². The van der Waals surface area contributed by atoms with Crippen molar-refractivity contribution in [2.75, 3.05) is 19.6 Å². The summed E-state index contributed by atoms with van der Waals surface area (Å²) in [6, 6.07) is 6.80. The molecule has 2 aliphatic rings. The van der Waals surface area contributed by atoms with Crippen molar-refractivity contribution in [2.24, 2.45) is 5.73 Å². The summed E-state index contributed by atoms with van der Waals surface area (Å²) in [6.07, 6.45) is 3.07. The predicted octanol–water partition coefficient (Wildman–Crippen LogP) is 0.692. The molecule has 0 saturated carbocycles. The van der Waals surface area contributed by atoms with Gasteiger partial charge in [0.1, 0.15) is 0 Å². The zero-order valence-electron chi connectivity index (χ0n) is 13.5. The molecule has 0 aromatic heterocycles. The molecule has 24 heavy (non-hydrogen) atoms. The maximum atomic E-state index is 12.7. The van der Waals surface area contributed by atoms with Crippen LogP contribution in [-0.2, 0) is 11.3 Å². The summed E-state index contributed by atoms with van der Waals surface area (Å²) in [6.45, 7) is 1.49. The fraction of sp³-hybridized carbons (Fsp3) is 0.471. The second-order valence-electron chi connectivity index (χ2n) is 6.22. The van der Waals surface area contributed by atoms with Gasteiger partial charge in [-0.25, -0.2) is 4.79 Å². The van der Waals surface area contributed by atoms with Crippen molar-refractivity contribution >= 4 is 17.8 Å². The standard InChI is InChI=1S/C17H22N4O3/c18-9-14-3-1-2-8-20(14)16(23)13-6-4-12(5-7-13)11-21-15(22)10-19-17(21)24/h4-7,14H,1-3,8-11,18H2,(H,19,24). The fourth-order valence-electron chi connectivity index (χ4n) is 3.23. The van der Waals surface area contributed by atoms with E-state index in [0.29, 0.717) is 12.1 Å². The van der Waals surface area contributed by atoms with Crippen LogP contribution >= 0.6 is 0 Å². The van der Waals surface area contributed by atoms with Gasteiger partial charge in [0.25, 0.3) is 5.91 Å². The lowest BCUT2D eigenvalue weighted by molar-refractivity contribution is -0.125. The smallest absolute Gasteiger partial charge is 0.324 e. The van der Waals surface area contributed by atoms with Crippen molar-refractivity contribution in [1.82, 2.24) is 15.1 Å². The first-order valence-electron chi connectivity index (χ1n) is 8.28. The molecule has 2 fully saturated rings. The Kier molecular flexibility index (Phi) is 4.80. The van der Waals surface area contributed by atoms with Crippen molar-refractivity contribution in [3.8, 4) is 0 Å². The summed E-state index contributed by atoms with van der Waals surface area (Å²) in [5.74, 6) is -0.244. The van der Waals surface area contributed by atoms with Gasteiger partial charge in [-0.1, -0.05) is 12.1 Å². The van der Waals surface area contributed by atoms with Gasteiger partial charge in [-0.05, 0) is 37.0 Å². The molecule has 7 heteroatoms. The molecule has 128 valence electrons. The van der Waals surface area contributed by atoms with E-state index in [9.17, 15) is 14.4 Å². The Morgan fingerprint density at radius 2 is 1.96 bits per heavy atom. The van der Waals surface area contributed by atoms with Crippen molar-refractivity contribution < 1.29 is 14.4 Å². The third-order valence-electron chi connectivity index (χ3n) is 4.64. The Balaban J connectivity index is 1.68. The average Bonchev–Trinajstić information content (AvgIpc) is 2.93. The number of carbonyl (C=O) groups excluding carboxylic acids is 3. The molecular formula is C17H22N4O3. The molecule has 7 nitrogen and oxygen atoms in total. The molecule has 2 aliphatic heterocycles. The number of benzene rings is 1. The molecule has 1 atom stereocenters. The number of imide groups is 1. The van der Waals surface area contributed by atoms with E-state index in [1.807, 2.05) is 4.90 Å². The number of hydrogen-bond acceptors (Lipinski definition) is 4. The van der Waals surface area contributed by atoms with Gasteiger partial charge >= 0.3 is 6.03 Å². The zero-order valence-corrected chi connectivity index (χ0v) is 13.5. The lowest BCUT2D eigenvalue weighted by atomic mass is 10.0.